The number of thiophene rings is 1. The zero-order valence-electron chi connectivity index (χ0n) is 16.1. The van der Waals surface area contributed by atoms with Gasteiger partial charge in [-0.3, -0.25) is 9.69 Å². The Morgan fingerprint density at radius 1 is 1.25 bits per heavy atom. The number of nitrogens with zero attached hydrogens (tertiary/aromatic N) is 1. The maximum absolute atomic E-state index is 12.8. The SMILES string of the molecule is CC1CCN(C(CNC(=O)C2Cc3ccccc3C(=O)O2)c2cccs2)CC1. The van der Waals surface area contributed by atoms with Crippen LogP contribution in [-0.2, 0) is 16.0 Å². The standard InChI is InChI=1S/C22H26N2O3S/c1-15-8-10-24(11-9-15)18(20-7-4-12-28-20)14-23-21(25)19-13-16-5-2-3-6-17(16)22(26)27-19/h2-7,12,15,18-19H,8-11,13-14H2,1H3,(H,23,25). The molecule has 0 saturated carbocycles. The molecule has 5 nitrogen and oxygen atoms in total. The van der Waals surface area contributed by atoms with Crippen molar-refractivity contribution in [3.63, 3.8) is 0 Å². The van der Waals surface area contributed by atoms with Crippen molar-refractivity contribution in [2.75, 3.05) is 19.6 Å². The molecule has 2 unspecified atom stereocenters. The number of nitrogens with one attached hydrogen (secondary N) is 1. The highest BCUT2D eigenvalue weighted by Crippen LogP contribution is 2.29. The highest BCUT2D eigenvalue weighted by molar-refractivity contribution is 7.10. The Bertz CT molecular complexity index is 828. The summed E-state index contributed by atoms with van der Waals surface area (Å²) >= 11 is 1.73. The molecular weight excluding hydrogens is 372 g/mol. The summed E-state index contributed by atoms with van der Waals surface area (Å²) in [4.78, 5) is 28.7. The number of rotatable bonds is 5. The smallest absolute Gasteiger partial charge is 0.339 e. The monoisotopic (exact) mass is 398 g/mol. The van der Waals surface area contributed by atoms with E-state index in [9.17, 15) is 9.59 Å². The second-order valence-corrected chi connectivity index (χ2v) is 8.73. The molecule has 3 heterocycles. The number of hydrogen-bond donors (Lipinski definition) is 1. The van der Waals surface area contributed by atoms with Crippen LogP contribution < -0.4 is 5.32 Å². The fourth-order valence-corrected chi connectivity index (χ4v) is 4.88. The summed E-state index contributed by atoms with van der Waals surface area (Å²) < 4.78 is 5.40. The van der Waals surface area contributed by atoms with Gasteiger partial charge < -0.3 is 10.1 Å². The molecule has 6 heteroatoms. The fourth-order valence-electron chi connectivity index (χ4n) is 4.02. The minimum absolute atomic E-state index is 0.169. The molecular formula is C22H26N2O3S. The summed E-state index contributed by atoms with van der Waals surface area (Å²) in [5, 5.41) is 5.13. The van der Waals surface area contributed by atoms with Gasteiger partial charge in [0.2, 0.25) is 0 Å². The lowest BCUT2D eigenvalue weighted by atomic mass is 9.97. The van der Waals surface area contributed by atoms with Crippen LogP contribution >= 0.6 is 11.3 Å². The van der Waals surface area contributed by atoms with Gasteiger partial charge in [0.1, 0.15) is 0 Å². The molecule has 28 heavy (non-hydrogen) atoms. The molecule has 1 aromatic heterocycles. The topological polar surface area (TPSA) is 58.6 Å². The first-order valence-corrected chi connectivity index (χ1v) is 10.8. The minimum atomic E-state index is -0.757. The first-order valence-electron chi connectivity index (χ1n) is 9.96. The second kappa shape index (κ2) is 8.45. The van der Waals surface area contributed by atoms with E-state index in [-0.39, 0.29) is 11.9 Å². The number of piperidine rings is 1. The van der Waals surface area contributed by atoms with Crippen LogP contribution in [0.4, 0.5) is 0 Å². The molecule has 2 aromatic rings. The van der Waals surface area contributed by atoms with Crippen LogP contribution in [0.15, 0.2) is 41.8 Å². The number of amides is 1. The molecule has 0 bridgehead atoms. The highest BCUT2D eigenvalue weighted by atomic mass is 32.1. The third-order valence-corrected chi connectivity index (χ3v) is 6.76. The van der Waals surface area contributed by atoms with Crippen molar-refractivity contribution in [2.45, 2.75) is 38.3 Å². The summed E-state index contributed by atoms with van der Waals surface area (Å²) in [6.45, 7) is 4.93. The average molecular weight is 399 g/mol. The Morgan fingerprint density at radius 2 is 2.04 bits per heavy atom. The number of carbonyl (C=O) groups excluding carboxylic acids is 2. The van der Waals surface area contributed by atoms with E-state index >= 15 is 0 Å². The molecule has 1 fully saturated rings. The molecule has 0 aliphatic carbocycles. The summed E-state index contributed by atoms with van der Waals surface area (Å²) in [6, 6.07) is 11.7. The predicted molar refractivity (Wildman–Crippen MR) is 109 cm³/mol. The normalized spacial score (nSPS) is 21.6. The van der Waals surface area contributed by atoms with Crippen LogP contribution in [0.2, 0.25) is 0 Å². The zero-order chi connectivity index (χ0) is 19.5. The number of esters is 1. The predicted octanol–water partition coefficient (Wildman–Crippen LogP) is 3.42. The summed E-state index contributed by atoms with van der Waals surface area (Å²) in [7, 11) is 0. The van der Waals surface area contributed by atoms with Gasteiger partial charge in [0, 0.05) is 17.8 Å². The molecule has 1 saturated heterocycles. The maximum Gasteiger partial charge on any atom is 0.339 e. The van der Waals surface area contributed by atoms with Crippen LogP contribution in [0.1, 0.15) is 46.6 Å². The lowest BCUT2D eigenvalue weighted by Gasteiger charge is -2.36. The zero-order valence-corrected chi connectivity index (χ0v) is 16.9. The van der Waals surface area contributed by atoms with Crippen LogP contribution in [0.3, 0.4) is 0 Å². The van der Waals surface area contributed by atoms with Crippen molar-refractivity contribution in [2.24, 2.45) is 5.92 Å². The minimum Gasteiger partial charge on any atom is -0.448 e. The number of cyclic esters (lactones) is 1. The van der Waals surface area contributed by atoms with Gasteiger partial charge in [0.05, 0.1) is 11.6 Å². The van der Waals surface area contributed by atoms with Crippen LogP contribution in [0.25, 0.3) is 0 Å². The maximum atomic E-state index is 12.8. The lowest BCUT2D eigenvalue weighted by Crippen LogP contribution is -2.46. The van der Waals surface area contributed by atoms with E-state index in [1.165, 1.54) is 17.7 Å². The van der Waals surface area contributed by atoms with Crippen LogP contribution in [-0.4, -0.2) is 42.5 Å². The second-order valence-electron chi connectivity index (χ2n) is 7.75. The van der Waals surface area contributed by atoms with E-state index in [0.29, 0.717) is 18.5 Å². The van der Waals surface area contributed by atoms with Crippen molar-refractivity contribution >= 4 is 23.2 Å². The third kappa shape index (κ3) is 4.13. The lowest BCUT2D eigenvalue weighted by molar-refractivity contribution is -0.130. The number of likely N-dealkylation sites (tertiary alicyclic amines) is 1. The van der Waals surface area contributed by atoms with Crippen LogP contribution in [0.5, 0.6) is 0 Å². The Balaban J connectivity index is 1.41. The number of benzene rings is 1. The van der Waals surface area contributed by atoms with Gasteiger partial charge in [0.15, 0.2) is 6.10 Å². The van der Waals surface area contributed by atoms with Gasteiger partial charge in [-0.2, -0.15) is 0 Å². The van der Waals surface area contributed by atoms with Crippen molar-refractivity contribution < 1.29 is 14.3 Å². The Labute approximate surface area is 169 Å². The van der Waals surface area contributed by atoms with Gasteiger partial charge >= 0.3 is 5.97 Å². The molecule has 2 atom stereocenters. The molecule has 148 valence electrons. The Kier molecular flexibility index (Phi) is 5.78. The Hall–Kier alpha value is -2.18. The first-order chi connectivity index (χ1) is 13.6. The highest BCUT2D eigenvalue weighted by Gasteiger charge is 2.32. The first kappa shape index (κ1) is 19.2. The molecule has 1 amide bonds. The van der Waals surface area contributed by atoms with Gasteiger partial charge in [-0.15, -0.1) is 11.3 Å². The van der Waals surface area contributed by atoms with Crippen LogP contribution in [0, 0.1) is 5.92 Å². The van der Waals surface area contributed by atoms with E-state index in [0.717, 1.165) is 24.6 Å². The molecule has 0 radical (unpaired) electrons. The third-order valence-electron chi connectivity index (χ3n) is 5.78. The summed E-state index contributed by atoms with van der Waals surface area (Å²) in [5.74, 6) is 0.133. The Morgan fingerprint density at radius 3 is 2.79 bits per heavy atom. The van der Waals surface area contributed by atoms with Gasteiger partial charge in [0.25, 0.3) is 5.91 Å². The van der Waals surface area contributed by atoms with Crippen molar-refractivity contribution in [3.05, 3.63) is 57.8 Å². The fraction of sp³-hybridized carbons (Fsp3) is 0.455. The number of ether oxygens (including phenoxy) is 1. The largest absolute Gasteiger partial charge is 0.448 e. The van der Waals surface area contributed by atoms with E-state index in [2.05, 4.69) is 34.7 Å². The molecule has 0 spiro atoms. The summed E-state index contributed by atoms with van der Waals surface area (Å²) in [5.41, 5.74) is 1.43. The number of carbonyl (C=O) groups is 2. The molecule has 1 N–H and O–H groups in total. The van der Waals surface area contributed by atoms with Crippen molar-refractivity contribution in [1.82, 2.24) is 10.2 Å². The quantitative estimate of drug-likeness (QED) is 0.784. The summed E-state index contributed by atoms with van der Waals surface area (Å²) in [6.07, 6.45) is 2.05. The average Bonchev–Trinajstić information content (AvgIpc) is 3.24. The van der Waals surface area contributed by atoms with E-state index in [1.807, 2.05) is 18.2 Å². The van der Waals surface area contributed by atoms with E-state index in [1.54, 1.807) is 17.4 Å². The molecule has 1 aromatic carbocycles. The van der Waals surface area contributed by atoms with Crippen molar-refractivity contribution in [1.29, 1.82) is 0 Å². The molecule has 4 rings (SSSR count). The molecule has 2 aliphatic heterocycles. The van der Waals surface area contributed by atoms with Gasteiger partial charge in [-0.05, 0) is 54.9 Å². The van der Waals surface area contributed by atoms with Gasteiger partial charge in [-0.25, -0.2) is 4.79 Å². The van der Waals surface area contributed by atoms with E-state index < -0.39 is 12.1 Å². The van der Waals surface area contributed by atoms with E-state index in [4.69, 9.17) is 4.74 Å². The number of hydrogen-bond acceptors (Lipinski definition) is 5. The van der Waals surface area contributed by atoms with Crippen molar-refractivity contribution in [3.8, 4) is 0 Å². The van der Waals surface area contributed by atoms with Gasteiger partial charge in [-0.1, -0.05) is 31.2 Å². The molecule has 2 aliphatic rings. The number of fused-ring (bicyclic) bond motifs is 1.